The van der Waals surface area contributed by atoms with E-state index in [2.05, 4.69) is 15.4 Å². The van der Waals surface area contributed by atoms with Gasteiger partial charge in [0.15, 0.2) is 0 Å². The number of hydrogen-bond donors (Lipinski definition) is 1. The quantitative estimate of drug-likeness (QED) is 0.636. The van der Waals surface area contributed by atoms with E-state index in [4.69, 9.17) is 4.74 Å². The third-order valence-electron chi connectivity index (χ3n) is 5.39. The summed E-state index contributed by atoms with van der Waals surface area (Å²) in [7, 11) is 0. The topological polar surface area (TPSA) is 69.0 Å². The Labute approximate surface area is 175 Å². The second kappa shape index (κ2) is 9.07. The largest absolute Gasteiger partial charge is 0.474 e. The molecule has 0 unspecified atom stereocenters. The van der Waals surface area contributed by atoms with Crippen molar-refractivity contribution in [1.29, 1.82) is 0 Å². The van der Waals surface area contributed by atoms with Gasteiger partial charge in [-0.05, 0) is 62.4 Å². The molecule has 3 aromatic rings. The Balaban J connectivity index is 1.48. The summed E-state index contributed by atoms with van der Waals surface area (Å²) in [6.45, 7) is 2.28. The summed E-state index contributed by atoms with van der Waals surface area (Å²) < 4.78 is 21.0. The van der Waals surface area contributed by atoms with Crippen LogP contribution in [0, 0.1) is 5.82 Å². The minimum Gasteiger partial charge on any atom is -0.474 e. The number of pyridine rings is 1. The smallest absolute Gasteiger partial charge is 0.255 e. The molecule has 0 radical (unpaired) electrons. The van der Waals surface area contributed by atoms with Gasteiger partial charge in [-0.2, -0.15) is 5.10 Å². The Morgan fingerprint density at radius 1 is 1.23 bits per heavy atom. The summed E-state index contributed by atoms with van der Waals surface area (Å²) in [6.07, 6.45) is 8.53. The molecule has 1 aromatic carbocycles. The number of ether oxygens (including phenoxy) is 1. The highest BCUT2D eigenvalue weighted by molar-refractivity contribution is 5.95. The molecule has 1 amide bonds. The monoisotopic (exact) mass is 408 g/mol. The van der Waals surface area contributed by atoms with Gasteiger partial charge < -0.3 is 10.1 Å². The molecular formula is C23H25FN4O2. The van der Waals surface area contributed by atoms with Crippen LogP contribution in [-0.2, 0) is 13.0 Å². The van der Waals surface area contributed by atoms with Crippen LogP contribution >= 0.6 is 0 Å². The third-order valence-corrected chi connectivity index (χ3v) is 5.39. The summed E-state index contributed by atoms with van der Waals surface area (Å²) in [6, 6.07) is 9.80. The first-order chi connectivity index (χ1) is 14.7. The molecule has 1 saturated carbocycles. The molecule has 4 rings (SSSR count). The second-order valence-electron chi connectivity index (χ2n) is 7.42. The number of halogens is 1. The average molecular weight is 408 g/mol. The normalized spacial score (nSPS) is 14.1. The number of nitrogens with one attached hydrogen (secondary N) is 1. The summed E-state index contributed by atoms with van der Waals surface area (Å²) >= 11 is 0. The fraction of sp³-hybridized carbons (Fsp3) is 0.348. The average Bonchev–Trinajstić information content (AvgIpc) is 3.43. The molecule has 2 heterocycles. The molecule has 1 aliphatic carbocycles. The first-order valence-corrected chi connectivity index (χ1v) is 10.4. The van der Waals surface area contributed by atoms with Gasteiger partial charge in [-0.15, -0.1) is 0 Å². The molecule has 0 aliphatic heterocycles. The number of carbonyl (C=O) groups is 1. The van der Waals surface area contributed by atoms with Gasteiger partial charge in [-0.3, -0.25) is 4.79 Å². The van der Waals surface area contributed by atoms with E-state index in [0.29, 0.717) is 30.1 Å². The van der Waals surface area contributed by atoms with Crippen LogP contribution in [0.25, 0.3) is 5.69 Å². The van der Waals surface area contributed by atoms with Crippen molar-refractivity contribution in [2.24, 2.45) is 0 Å². The van der Waals surface area contributed by atoms with Crippen molar-refractivity contribution in [2.75, 3.05) is 0 Å². The predicted octanol–water partition coefficient (Wildman–Crippen LogP) is 4.22. The summed E-state index contributed by atoms with van der Waals surface area (Å²) in [5, 5.41) is 7.30. The van der Waals surface area contributed by atoms with E-state index in [0.717, 1.165) is 24.1 Å². The number of aromatic nitrogens is 3. The van der Waals surface area contributed by atoms with Gasteiger partial charge in [0.25, 0.3) is 5.91 Å². The molecule has 0 spiro atoms. The van der Waals surface area contributed by atoms with Crippen LogP contribution in [0.2, 0.25) is 0 Å². The molecule has 156 valence electrons. The number of rotatable bonds is 7. The van der Waals surface area contributed by atoms with Gasteiger partial charge in [0.1, 0.15) is 11.9 Å². The maximum absolute atomic E-state index is 13.2. The molecule has 0 bridgehead atoms. The van der Waals surface area contributed by atoms with Gasteiger partial charge in [0.2, 0.25) is 5.88 Å². The maximum atomic E-state index is 13.2. The molecule has 6 nitrogen and oxygen atoms in total. The molecule has 0 saturated heterocycles. The molecular weight excluding hydrogens is 383 g/mol. The standard InChI is InChI=1S/C23H25FN4O2/c1-2-21-20(15-27-28(21)18-11-9-17(24)10-12-18)22(29)26-14-16-6-5-13-25-23(16)30-19-7-3-4-8-19/h5-6,9-13,15,19H,2-4,7-8,14H2,1H3,(H,26,29). The van der Waals surface area contributed by atoms with Gasteiger partial charge >= 0.3 is 0 Å². The Kier molecular flexibility index (Phi) is 6.07. The third kappa shape index (κ3) is 4.35. The fourth-order valence-electron chi connectivity index (χ4n) is 3.81. The second-order valence-corrected chi connectivity index (χ2v) is 7.42. The lowest BCUT2D eigenvalue weighted by Gasteiger charge is -2.15. The molecule has 0 atom stereocenters. The lowest BCUT2D eigenvalue weighted by atomic mass is 10.1. The fourth-order valence-corrected chi connectivity index (χ4v) is 3.81. The van der Waals surface area contributed by atoms with Crippen LogP contribution in [0.15, 0.2) is 48.8 Å². The van der Waals surface area contributed by atoms with Crippen molar-refractivity contribution in [3.8, 4) is 11.6 Å². The Hall–Kier alpha value is -3.22. The van der Waals surface area contributed by atoms with Crippen molar-refractivity contribution in [1.82, 2.24) is 20.1 Å². The van der Waals surface area contributed by atoms with E-state index < -0.39 is 0 Å². The van der Waals surface area contributed by atoms with Crippen molar-refractivity contribution in [2.45, 2.75) is 51.7 Å². The van der Waals surface area contributed by atoms with Crippen LogP contribution in [0.3, 0.4) is 0 Å². The Bertz CT molecular complexity index is 1010. The van der Waals surface area contributed by atoms with E-state index in [1.165, 1.54) is 25.0 Å². The highest BCUT2D eigenvalue weighted by atomic mass is 19.1. The number of nitrogens with zero attached hydrogens (tertiary/aromatic N) is 3. The molecule has 1 N–H and O–H groups in total. The lowest BCUT2D eigenvalue weighted by molar-refractivity contribution is 0.0949. The van der Waals surface area contributed by atoms with Crippen molar-refractivity contribution >= 4 is 5.91 Å². The minimum absolute atomic E-state index is 0.204. The minimum atomic E-state index is -0.311. The van der Waals surface area contributed by atoms with Crippen molar-refractivity contribution in [3.63, 3.8) is 0 Å². The van der Waals surface area contributed by atoms with Gasteiger partial charge in [0.05, 0.1) is 23.1 Å². The van der Waals surface area contributed by atoms with E-state index in [1.807, 2.05) is 19.1 Å². The van der Waals surface area contributed by atoms with Crippen LogP contribution in [0.4, 0.5) is 4.39 Å². The van der Waals surface area contributed by atoms with E-state index >= 15 is 0 Å². The number of hydrogen-bond acceptors (Lipinski definition) is 4. The first kappa shape index (κ1) is 20.1. The zero-order valence-electron chi connectivity index (χ0n) is 17.0. The van der Waals surface area contributed by atoms with Gasteiger partial charge in [0, 0.05) is 18.3 Å². The van der Waals surface area contributed by atoms with E-state index in [-0.39, 0.29) is 17.8 Å². The van der Waals surface area contributed by atoms with Crippen LogP contribution < -0.4 is 10.1 Å². The molecule has 30 heavy (non-hydrogen) atoms. The highest BCUT2D eigenvalue weighted by Gasteiger charge is 2.20. The SMILES string of the molecule is CCc1c(C(=O)NCc2cccnc2OC2CCCC2)cnn1-c1ccc(F)cc1. The maximum Gasteiger partial charge on any atom is 0.255 e. The van der Waals surface area contributed by atoms with Gasteiger partial charge in [-0.25, -0.2) is 14.1 Å². The van der Waals surface area contributed by atoms with Crippen LogP contribution in [-0.4, -0.2) is 26.8 Å². The summed E-state index contributed by atoms with van der Waals surface area (Å²) in [4.78, 5) is 17.2. The predicted molar refractivity (Wildman–Crippen MR) is 111 cm³/mol. The Morgan fingerprint density at radius 3 is 2.73 bits per heavy atom. The summed E-state index contributed by atoms with van der Waals surface area (Å²) in [5.41, 5.74) is 2.84. The lowest BCUT2D eigenvalue weighted by Crippen LogP contribution is -2.24. The molecule has 1 aliphatic rings. The van der Waals surface area contributed by atoms with Crippen molar-refractivity contribution < 1.29 is 13.9 Å². The number of amides is 1. The van der Waals surface area contributed by atoms with E-state index in [9.17, 15) is 9.18 Å². The van der Waals surface area contributed by atoms with Crippen molar-refractivity contribution in [3.05, 3.63) is 71.4 Å². The first-order valence-electron chi connectivity index (χ1n) is 10.4. The van der Waals surface area contributed by atoms with Gasteiger partial charge in [-0.1, -0.05) is 13.0 Å². The number of benzene rings is 1. The van der Waals surface area contributed by atoms with E-state index in [1.54, 1.807) is 29.2 Å². The Morgan fingerprint density at radius 2 is 2.00 bits per heavy atom. The number of carbonyl (C=O) groups excluding carboxylic acids is 1. The highest BCUT2D eigenvalue weighted by Crippen LogP contribution is 2.25. The summed E-state index contributed by atoms with van der Waals surface area (Å²) in [5.74, 6) is 0.0623. The molecule has 1 fully saturated rings. The van der Waals surface area contributed by atoms with Crippen LogP contribution in [0.5, 0.6) is 5.88 Å². The zero-order valence-corrected chi connectivity index (χ0v) is 17.0. The molecule has 7 heteroatoms. The zero-order chi connectivity index (χ0) is 20.9. The van der Waals surface area contributed by atoms with Crippen LogP contribution in [0.1, 0.15) is 54.2 Å². The molecule has 2 aromatic heterocycles.